The van der Waals surface area contributed by atoms with Crippen molar-refractivity contribution >= 4 is 7.32 Å². The lowest BCUT2D eigenvalue weighted by Gasteiger charge is -2.31. The van der Waals surface area contributed by atoms with Gasteiger partial charge in [-0.1, -0.05) is 17.7 Å². The van der Waals surface area contributed by atoms with Gasteiger partial charge < -0.3 is 14.0 Å². The predicted octanol–water partition coefficient (Wildman–Crippen LogP) is 4.28. The van der Waals surface area contributed by atoms with Gasteiger partial charge in [-0.2, -0.15) is 0 Å². The number of hydrogen-bond acceptors (Lipinski definition) is 3. The minimum Gasteiger partial charge on any atom is -0.379 e. The number of hydrogen-bond donors (Lipinski definition) is 0. The highest BCUT2D eigenvalue weighted by Crippen LogP contribution is 2.38. The van der Waals surface area contributed by atoms with Crippen molar-refractivity contribution in [3.8, 4) is 0 Å². The van der Waals surface area contributed by atoms with Crippen LogP contribution in [0, 0.1) is 20.8 Å². The van der Waals surface area contributed by atoms with E-state index in [0.717, 1.165) is 0 Å². The summed E-state index contributed by atoms with van der Waals surface area (Å²) in [6, 6.07) is 4.37. The van der Waals surface area contributed by atoms with E-state index in [1.54, 1.807) is 0 Å². The summed E-state index contributed by atoms with van der Waals surface area (Å²) < 4.78 is 17.9. The first-order chi connectivity index (χ1) is 9.53. The maximum atomic E-state index is 6.03. The van der Waals surface area contributed by atoms with E-state index in [4.69, 9.17) is 14.0 Å². The van der Waals surface area contributed by atoms with Gasteiger partial charge in [-0.3, -0.25) is 0 Å². The Morgan fingerprint density at radius 1 is 0.952 bits per heavy atom. The summed E-state index contributed by atoms with van der Waals surface area (Å²) >= 11 is 0. The third-order valence-electron chi connectivity index (χ3n) is 4.69. The van der Waals surface area contributed by atoms with Crippen LogP contribution >= 0.6 is 0 Å². The van der Waals surface area contributed by atoms with Gasteiger partial charge in [-0.15, -0.1) is 0 Å². The lowest BCUT2D eigenvalue weighted by atomic mass is 9.90. The fourth-order valence-electron chi connectivity index (χ4n) is 2.91. The van der Waals surface area contributed by atoms with Crippen molar-refractivity contribution in [3.05, 3.63) is 34.4 Å². The molecule has 0 amide bonds. The molecular weight excluding hydrogens is 263 g/mol. The molecule has 0 radical (unpaired) electrons. The molecular formula is C17H27BO3. The van der Waals surface area contributed by atoms with E-state index in [1.807, 2.05) is 27.7 Å². The molecule has 0 saturated carbocycles. The Hall–Kier alpha value is -0.835. The number of rotatable bonds is 3. The van der Waals surface area contributed by atoms with Gasteiger partial charge >= 0.3 is 7.32 Å². The zero-order valence-electron chi connectivity index (χ0n) is 14.5. The van der Waals surface area contributed by atoms with E-state index >= 15 is 0 Å². The van der Waals surface area contributed by atoms with Crippen LogP contribution in [0.5, 0.6) is 0 Å². The maximum Gasteiger partial charge on any atom is 0.640 e. The number of aryl methyl sites for hydroxylation is 3. The number of benzene rings is 1. The van der Waals surface area contributed by atoms with Crippen LogP contribution < -0.4 is 0 Å². The van der Waals surface area contributed by atoms with Crippen LogP contribution in [0.15, 0.2) is 12.1 Å². The van der Waals surface area contributed by atoms with Crippen LogP contribution in [0.1, 0.15) is 63.0 Å². The minimum absolute atomic E-state index is 0.0692. The second-order valence-electron chi connectivity index (χ2n) is 7.14. The molecule has 0 spiro atoms. The van der Waals surface area contributed by atoms with Gasteiger partial charge in [0.05, 0.1) is 17.3 Å². The second-order valence-corrected chi connectivity index (χ2v) is 7.14. The molecule has 116 valence electrons. The Kier molecular flexibility index (Phi) is 4.27. The zero-order chi connectivity index (χ0) is 16.0. The summed E-state index contributed by atoms with van der Waals surface area (Å²) in [4.78, 5) is 0. The van der Waals surface area contributed by atoms with Crippen LogP contribution in [0.3, 0.4) is 0 Å². The standard InChI is InChI=1S/C17H27BO3/c1-11-9-12(2)15(13(3)10-11)14(4)19-18-20-16(5,6)17(7,8)21-18/h9-10,14H,1-8H3. The van der Waals surface area contributed by atoms with E-state index in [2.05, 4.69) is 39.8 Å². The monoisotopic (exact) mass is 290 g/mol. The average molecular weight is 290 g/mol. The van der Waals surface area contributed by atoms with Gasteiger partial charge in [-0.25, -0.2) is 0 Å². The van der Waals surface area contributed by atoms with Crippen LogP contribution in [0.4, 0.5) is 0 Å². The highest BCUT2D eigenvalue weighted by molar-refractivity contribution is 6.37. The Morgan fingerprint density at radius 3 is 1.81 bits per heavy atom. The van der Waals surface area contributed by atoms with E-state index in [1.165, 1.54) is 22.3 Å². The summed E-state index contributed by atoms with van der Waals surface area (Å²) in [7, 11) is -0.620. The Bertz CT molecular complexity index is 498. The molecule has 1 aliphatic rings. The van der Waals surface area contributed by atoms with Crippen molar-refractivity contribution in [2.75, 3.05) is 0 Å². The normalized spacial score (nSPS) is 21.6. The van der Waals surface area contributed by atoms with E-state index in [0.29, 0.717) is 0 Å². The zero-order valence-corrected chi connectivity index (χ0v) is 14.5. The summed E-state index contributed by atoms with van der Waals surface area (Å²) in [5, 5.41) is 0. The molecule has 1 aromatic rings. The molecule has 4 heteroatoms. The summed E-state index contributed by atoms with van der Waals surface area (Å²) in [5.41, 5.74) is 4.25. The molecule has 1 saturated heterocycles. The molecule has 0 aromatic heterocycles. The molecule has 1 unspecified atom stereocenters. The molecule has 1 fully saturated rings. The van der Waals surface area contributed by atoms with Crippen LogP contribution in [0.25, 0.3) is 0 Å². The Labute approximate surface area is 129 Å². The molecule has 0 N–H and O–H groups in total. The van der Waals surface area contributed by atoms with Gasteiger partial charge in [0.1, 0.15) is 0 Å². The third kappa shape index (κ3) is 3.18. The summed E-state index contributed by atoms with van der Waals surface area (Å²) in [6.07, 6.45) is -0.0692. The molecule has 1 aliphatic heterocycles. The van der Waals surface area contributed by atoms with Gasteiger partial charge in [0.2, 0.25) is 0 Å². The summed E-state index contributed by atoms with van der Waals surface area (Å²) in [5.74, 6) is 0. The van der Waals surface area contributed by atoms with Gasteiger partial charge in [-0.05, 0) is 72.1 Å². The van der Waals surface area contributed by atoms with Crippen molar-refractivity contribution in [1.29, 1.82) is 0 Å². The van der Waals surface area contributed by atoms with E-state index in [9.17, 15) is 0 Å². The molecule has 1 heterocycles. The molecule has 1 atom stereocenters. The first-order valence-corrected chi connectivity index (χ1v) is 7.62. The van der Waals surface area contributed by atoms with E-state index < -0.39 is 7.32 Å². The molecule has 1 aromatic carbocycles. The SMILES string of the molecule is Cc1cc(C)c(C(C)OB2OC(C)(C)C(C)(C)O2)c(C)c1. The average Bonchev–Trinajstić information content (AvgIpc) is 2.44. The fourth-order valence-corrected chi connectivity index (χ4v) is 2.91. The lowest BCUT2D eigenvalue weighted by molar-refractivity contribution is 0.00578. The Morgan fingerprint density at radius 2 is 1.38 bits per heavy atom. The third-order valence-corrected chi connectivity index (χ3v) is 4.69. The van der Waals surface area contributed by atoms with Crippen molar-refractivity contribution in [3.63, 3.8) is 0 Å². The lowest BCUT2D eigenvalue weighted by Crippen LogP contribution is -2.41. The largest absolute Gasteiger partial charge is 0.640 e. The van der Waals surface area contributed by atoms with Crippen LogP contribution in [0.2, 0.25) is 0 Å². The van der Waals surface area contributed by atoms with Crippen molar-refractivity contribution < 1.29 is 14.0 Å². The molecule has 3 nitrogen and oxygen atoms in total. The van der Waals surface area contributed by atoms with Crippen molar-refractivity contribution in [2.45, 2.75) is 72.7 Å². The second kappa shape index (κ2) is 5.42. The fraction of sp³-hybridized carbons (Fsp3) is 0.647. The molecule has 2 rings (SSSR count). The quantitative estimate of drug-likeness (QED) is 0.778. The molecule has 21 heavy (non-hydrogen) atoms. The smallest absolute Gasteiger partial charge is 0.379 e. The first-order valence-electron chi connectivity index (χ1n) is 7.62. The molecule has 0 aliphatic carbocycles. The predicted molar refractivity (Wildman–Crippen MR) is 86.2 cm³/mol. The highest BCUT2D eigenvalue weighted by Gasteiger charge is 2.53. The molecule has 0 bridgehead atoms. The highest BCUT2D eigenvalue weighted by atomic mass is 16.8. The van der Waals surface area contributed by atoms with Gasteiger partial charge in [0, 0.05) is 0 Å². The summed E-state index contributed by atoms with van der Waals surface area (Å²) in [6.45, 7) is 16.5. The van der Waals surface area contributed by atoms with Gasteiger partial charge in [0.25, 0.3) is 0 Å². The van der Waals surface area contributed by atoms with Crippen LogP contribution in [-0.2, 0) is 14.0 Å². The van der Waals surface area contributed by atoms with Crippen molar-refractivity contribution in [1.82, 2.24) is 0 Å². The minimum atomic E-state index is -0.620. The Balaban J connectivity index is 2.15. The topological polar surface area (TPSA) is 27.7 Å². The first kappa shape index (κ1) is 16.5. The van der Waals surface area contributed by atoms with Crippen LogP contribution in [-0.4, -0.2) is 18.5 Å². The maximum absolute atomic E-state index is 6.03. The van der Waals surface area contributed by atoms with E-state index in [-0.39, 0.29) is 17.3 Å². The van der Waals surface area contributed by atoms with Gasteiger partial charge in [0.15, 0.2) is 0 Å². The van der Waals surface area contributed by atoms with Crippen molar-refractivity contribution in [2.24, 2.45) is 0 Å².